The van der Waals surface area contributed by atoms with Gasteiger partial charge in [-0.05, 0) is 37.5 Å². The van der Waals surface area contributed by atoms with Gasteiger partial charge in [0, 0.05) is 37.7 Å². The van der Waals surface area contributed by atoms with E-state index < -0.39 is 10.8 Å². The van der Waals surface area contributed by atoms with E-state index in [2.05, 4.69) is 19.9 Å². The number of pyridine rings is 2. The summed E-state index contributed by atoms with van der Waals surface area (Å²) in [7, 11) is -1.34. The van der Waals surface area contributed by atoms with Crippen molar-refractivity contribution in [2.24, 2.45) is 4.99 Å². The Bertz CT molecular complexity index is 999. The molecule has 1 atom stereocenters. The predicted molar refractivity (Wildman–Crippen MR) is 118 cm³/mol. The molecule has 5 heterocycles. The fourth-order valence-corrected chi connectivity index (χ4v) is 6.13. The summed E-state index contributed by atoms with van der Waals surface area (Å²) in [5.74, 6) is 0. The highest BCUT2D eigenvalue weighted by Gasteiger charge is 2.37. The van der Waals surface area contributed by atoms with Gasteiger partial charge >= 0.3 is 0 Å². The fraction of sp³-hybridized carbons (Fsp3) is 0.476. The van der Waals surface area contributed by atoms with Gasteiger partial charge in [0.1, 0.15) is 21.6 Å². The van der Waals surface area contributed by atoms with Gasteiger partial charge in [-0.3, -0.25) is 4.98 Å². The maximum absolute atomic E-state index is 13.2. The van der Waals surface area contributed by atoms with Crippen molar-refractivity contribution in [1.29, 1.82) is 0 Å². The van der Waals surface area contributed by atoms with Crippen molar-refractivity contribution in [2.75, 3.05) is 26.2 Å². The minimum absolute atomic E-state index is 0.0357. The molecule has 1 unspecified atom stereocenters. The molecule has 0 aromatic carbocycles. The number of hydroxylamine groups is 3. The van der Waals surface area contributed by atoms with Crippen molar-refractivity contribution in [2.45, 2.75) is 43.0 Å². The van der Waals surface area contributed by atoms with Crippen LogP contribution in [-0.4, -0.2) is 61.1 Å². The highest BCUT2D eigenvalue weighted by molar-refractivity contribution is 8.01. The summed E-state index contributed by atoms with van der Waals surface area (Å²) in [6.07, 6.45) is 8.23. The average molecular weight is 446 g/mol. The number of aliphatic imine (C=N–C) groups is 1. The lowest BCUT2D eigenvalue weighted by Gasteiger charge is -2.53. The average Bonchev–Trinajstić information content (AvgIpc) is 3.11. The second-order valence-electron chi connectivity index (χ2n) is 8.25. The molecule has 2 fully saturated rings. The number of piperidine rings is 2. The van der Waals surface area contributed by atoms with Gasteiger partial charge in [-0.15, -0.1) is 0 Å². The van der Waals surface area contributed by atoms with Crippen LogP contribution in [0.25, 0.3) is 11.3 Å². The van der Waals surface area contributed by atoms with Crippen LogP contribution in [0.2, 0.25) is 5.15 Å². The van der Waals surface area contributed by atoms with E-state index in [1.54, 1.807) is 18.5 Å². The van der Waals surface area contributed by atoms with Gasteiger partial charge in [0.25, 0.3) is 0 Å². The smallest absolute Gasteiger partial charge is 0.200 e. The zero-order valence-electron chi connectivity index (χ0n) is 16.7. The van der Waals surface area contributed by atoms with Crippen LogP contribution in [0.3, 0.4) is 0 Å². The zero-order valence-corrected chi connectivity index (χ0v) is 18.2. The number of likely N-dealkylation sites (tertiary alicyclic amines) is 2. The summed E-state index contributed by atoms with van der Waals surface area (Å²) in [5.41, 5.74) is 2.17. The van der Waals surface area contributed by atoms with E-state index in [9.17, 15) is 9.42 Å². The van der Waals surface area contributed by atoms with E-state index >= 15 is 0 Å². The minimum atomic E-state index is -1.34. The van der Waals surface area contributed by atoms with Gasteiger partial charge in [0.15, 0.2) is 0 Å². The highest BCUT2D eigenvalue weighted by Crippen LogP contribution is 2.35. The van der Waals surface area contributed by atoms with Crippen LogP contribution >= 0.6 is 11.6 Å². The van der Waals surface area contributed by atoms with Gasteiger partial charge in [-0.2, -0.15) is 0 Å². The Hall–Kier alpha value is -1.87. The molecule has 158 valence electrons. The van der Waals surface area contributed by atoms with Crippen molar-refractivity contribution < 1.29 is 8.86 Å². The highest BCUT2D eigenvalue weighted by atomic mass is 35.5. The number of hydrogen-bond donors (Lipinski definition) is 0. The molecule has 2 aromatic heterocycles. The van der Waals surface area contributed by atoms with Crippen molar-refractivity contribution in [3.8, 4) is 11.3 Å². The van der Waals surface area contributed by atoms with E-state index in [-0.39, 0.29) is 10.7 Å². The lowest BCUT2D eigenvalue weighted by Crippen LogP contribution is -2.57. The van der Waals surface area contributed by atoms with Crippen LogP contribution in [-0.2, 0) is 10.8 Å². The van der Waals surface area contributed by atoms with Gasteiger partial charge < -0.3 is 14.8 Å². The number of halogens is 1. The van der Waals surface area contributed by atoms with E-state index in [4.69, 9.17) is 11.6 Å². The van der Waals surface area contributed by atoms with Crippen LogP contribution in [0.4, 0.5) is 5.69 Å². The Balaban J connectivity index is 1.29. The third-order valence-electron chi connectivity index (χ3n) is 6.42. The molecule has 0 bridgehead atoms. The molecule has 5 rings (SSSR count). The molecule has 2 saturated heterocycles. The Kier molecular flexibility index (Phi) is 5.35. The largest absolute Gasteiger partial charge is 0.633 e. The quantitative estimate of drug-likeness (QED) is 0.398. The number of amidine groups is 1. The van der Waals surface area contributed by atoms with Crippen molar-refractivity contribution in [1.82, 2.24) is 14.9 Å². The molecule has 0 saturated carbocycles. The Morgan fingerprint density at radius 2 is 1.87 bits per heavy atom. The number of nitrogens with zero attached hydrogens (tertiary/aromatic N) is 5. The molecule has 0 N–H and O–H groups in total. The van der Waals surface area contributed by atoms with Gasteiger partial charge in [-0.25, -0.2) is 14.2 Å². The fourth-order valence-electron chi connectivity index (χ4n) is 4.72. The second kappa shape index (κ2) is 8.00. The summed E-state index contributed by atoms with van der Waals surface area (Å²) < 4.78 is 13.2. The van der Waals surface area contributed by atoms with E-state index in [1.165, 1.54) is 6.42 Å². The van der Waals surface area contributed by atoms with Crippen LogP contribution in [0.15, 0.2) is 40.5 Å². The molecule has 2 aromatic rings. The number of quaternary nitrogens is 1. The van der Waals surface area contributed by atoms with Crippen molar-refractivity contribution in [3.63, 3.8) is 0 Å². The zero-order chi connectivity index (χ0) is 20.7. The molecule has 0 amide bonds. The van der Waals surface area contributed by atoms with E-state index in [0.29, 0.717) is 26.6 Å². The predicted octanol–water partition coefficient (Wildman–Crippen LogP) is 3.87. The van der Waals surface area contributed by atoms with Gasteiger partial charge in [0.05, 0.1) is 35.9 Å². The number of aromatic nitrogens is 2. The molecule has 0 radical (unpaired) electrons. The van der Waals surface area contributed by atoms with Crippen LogP contribution < -0.4 is 0 Å². The summed E-state index contributed by atoms with van der Waals surface area (Å²) >= 11 is 5.86. The maximum atomic E-state index is 13.2. The lowest BCUT2D eigenvalue weighted by molar-refractivity contribution is -0.911. The summed E-state index contributed by atoms with van der Waals surface area (Å²) in [4.78, 5) is 15.9. The van der Waals surface area contributed by atoms with Crippen molar-refractivity contribution >= 4 is 33.3 Å². The standard InChI is InChI=1S/C21H24ClN5O2S/c22-20-5-4-15(13-24-20)17-12-19-18(14-23-17)25-21(30(19)29)26-8-6-16(7-9-26)27(28)10-2-1-3-11-27/h4-5,12-14,16H,1-3,6-11H2. The maximum Gasteiger partial charge on any atom is 0.200 e. The monoisotopic (exact) mass is 445 g/mol. The molecule has 0 spiro atoms. The first-order valence-electron chi connectivity index (χ1n) is 10.5. The summed E-state index contributed by atoms with van der Waals surface area (Å²) in [5, 5.41) is 14.2. The summed E-state index contributed by atoms with van der Waals surface area (Å²) in [6.45, 7) is 2.95. The van der Waals surface area contributed by atoms with Crippen LogP contribution in [0, 0.1) is 5.21 Å². The molecule has 3 aliphatic rings. The molecular weight excluding hydrogens is 422 g/mol. The molecule has 0 aliphatic carbocycles. The Morgan fingerprint density at radius 3 is 2.57 bits per heavy atom. The first kappa shape index (κ1) is 20.1. The number of hydrogen-bond acceptors (Lipinski definition) is 6. The molecule has 3 aliphatic heterocycles. The van der Waals surface area contributed by atoms with E-state index in [1.807, 2.05) is 12.1 Å². The molecule has 30 heavy (non-hydrogen) atoms. The summed E-state index contributed by atoms with van der Waals surface area (Å²) in [6, 6.07) is 5.54. The normalized spacial score (nSPS) is 23.9. The first-order valence-corrected chi connectivity index (χ1v) is 12.0. The number of fused-ring (bicyclic) bond motifs is 1. The van der Waals surface area contributed by atoms with Crippen LogP contribution in [0.5, 0.6) is 0 Å². The van der Waals surface area contributed by atoms with Gasteiger partial charge in [-0.1, -0.05) is 11.6 Å². The van der Waals surface area contributed by atoms with Gasteiger partial charge in [0.2, 0.25) is 5.17 Å². The Labute approximate surface area is 183 Å². The topological polar surface area (TPSA) is 81.5 Å². The molecule has 7 nitrogen and oxygen atoms in total. The van der Waals surface area contributed by atoms with Crippen molar-refractivity contribution in [3.05, 3.63) is 41.0 Å². The SMILES string of the molecule is O=S1C(N2CCC([N+]3([O-])CCCCC3)CC2)=Nc2cnc(-c3ccc(Cl)nc3)cc21. The lowest BCUT2D eigenvalue weighted by atomic mass is 9.99. The minimum Gasteiger partial charge on any atom is -0.633 e. The third kappa shape index (κ3) is 3.66. The Morgan fingerprint density at radius 1 is 1.10 bits per heavy atom. The molecular formula is C21H24ClN5O2S. The van der Waals surface area contributed by atoms with E-state index in [0.717, 1.165) is 57.4 Å². The third-order valence-corrected chi connectivity index (χ3v) is 8.06. The van der Waals surface area contributed by atoms with Crippen LogP contribution in [0.1, 0.15) is 32.1 Å². The molecule has 9 heteroatoms. The second-order valence-corrected chi connectivity index (χ2v) is 9.98. The number of rotatable bonds is 2. The first-order chi connectivity index (χ1) is 14.5.